The molecule has 15 heavy (non-hydrogen) atoms. The molecule has 1 saturated heterocycles. The maximum atomic E-state index is 11.1. The number of carbonyl (C=O) groups is 1. The Morgan fingerprint density at radius 3 is 2.80 bits per heavy atom. The molecule has 0 spiro atoms. The van der Waals surface area contributed by atoms with Crippen LogP contribution in [0.2, 0.25) is 0 Å². The molecule has 0 bridgehead atoms. The van der Waals surface area contributed by atoms with Gasteiger partial charge in [-0.05, 0) is 19.1 Å². The van der Waals surface area contributed by atoms with Gasteiger partial charge in [-0.3, -0.25) is 4.79 Å². The summed E-state index contributed by atoms with van der Waals surface area (Å²) in [6.45, 7) is 1.92. The molecule has 1 fully saturated rings. The third-order valence-corrected chi connectivity index (χ3v) is 3.88. The number of hydrogen-bond donors (Lipinski definition) is 1. The minimum Gasteiger partial charge on any atom is -0.461 e. The summed E-state index contributed by atoms with van der Waals surface area (Å²) in [7, 11) is 0. The van der Waals surface area contributed by atoms with E-state index in [0.29, 0.717) is 6.42 Å². The SMILES string of the molecule is CC1OC(=O)CC1Sc1ccccc1N. The second kappa shape index (κ2) is 4.14. The van der Waals surface area contributed by atoms with Crippen LogP contribution in [0.15, 0.2) is 29.2 Å². The van der Waals surface area contributed by atoms with Gasteiger partial charge in [-0.15, -0.1) is 11.8 Å². The molecule has 0 aliphatic carbocycles. The Hall–Kier alpha value is -1.16. The predicted molar refractivity (Wildman–Crippen MR) is 60.7 cm³/mol. The minimum atomic E-state index is -0.116. The summed E-state index contributed by atoms with van der Waals surface area (Å²) < 4.78 is 5.09. The predicted octanol–water partition coefficient (Wildman–Crippen LogP) is 2.06. The van der Waals surface area contributed by atoms with Crippen molar-refractivity contribution in [2.75, 3.05) is 5.73 Å². The molecule has 80 valence electrons. The van der Waals surface area contributed by atoms with Gasteiger partial charge < -0.3 is 10.5 Å². The van der Waals surface area contributed by atoms with Crippen LogP contribution in [0.3, 0.4) is 0 Å². The molecular weight excluding hydrogens is 210 g/mol. The molecule has 3 nitrogen and oxygen atoms in total. The van der Waals surface area contributed by atoms with Gasteiger partial charge in [0.15, 0.2) is 0 Å². The molecule has 2 unspecified atom stereocenters. The summed E-state index contributed by atoms with van der Waals surface area (Å²) in [4.78, 5) is 12.1. The number of para-hydroxylation sites is 1. The number of esters is 1. The minimum absolute atomic E-state index is 0.0258. The molecule has 1 aromatic rings. The molecule has 4 heteroatoms. The average Bonchev–Trinajstić information content (AvgIpc) is 2.49. The molecule has 1 aromatic carbocycles. The van der Waals surface area contributed by atoms with E-state index in [0.717, 1.165) is 10.6 Å². The van der Waals surface area contributed by atoms with E-state index < -0.39 is 0 Å². The van der Waals surface area contributed by atoms with Gasteiger partial charge in [-0.2, -0.15) is 0 Å². The van der Waals surface area contributed by atoms with Crippen molar-refractivity contribution >= 4 is 23.4 Å². The maximum absolute atomic E-state index is 11.1. The summed E-state index contributed by atoms with van der Waals surface area (Å²) >= 11 is 1.62. The summed E-state index contributed by atoms with van der Waals surface area (Å²) in [6.07, 6.45) is 0.447. The second-order valence-electron chi connectivity index (χ2n) is 3.59. The van der Waals surface area contributed by atoms with Gasteiger partial charge in [0.1, 0.15) is 6.10 Å². The zero-order valence-corrected chi connectivity index (χ0v) is 9.29. The number of cyclic esters (lactones) is 1. The highest BCUT2D eigenvalue weighted by Crippen LogP contribution is 2.35. The Kier molecular flexibility index (Phi) is 2.86. The number of carbonyl (C=O) groups excluding carboxylic acids is 1. The topological polar surface area (TPSA) is 52.3 Å². The van der Waals surface area contributed by atoms with Crippen LogP contribution >= 0.6 is 11.8 Å². The van der Waals surface area contributed by atoms with E-state index in [-0.39, 0.29) is 17.3 Å². The van der Waals surface area contributed by atoms with Gasteiger partial charge in [-0.1, -0.05) is 12.1 Å². The van der Waals surface area contributed by atoms with Crippen molar-refractivity contribution < 1.29 is 9.53 Å². The van der Waals surface area contributed by atoms with Crippen molar-refractivity contribution in [2.45, 2.75) is 29.6 Å². The molecule has 2 rings (SSSR count). The lowest BCUT2D eigenvalue weighted by atomic mass is 10.2. The zero-order chi connectivity index (χ0) is 10.8. The molecular formula is C11H13NO2S. The van der Waals surface area contributed by atoms with Crippen LogP contribution in [0.1, 0.15) is 13.3 Å². The number of ether oxygens (including phenoxy) is 1. The molecule has 0 radical (unpaired) electrons. The fourth-order valence-electron chi connectivity index (χ4n) is 1.55. The Labute approximate surface area is 93.0 Å². The van der Waals surface area contributed by atoms with Gasteiger partial charge in [0.2, 0.25) is 0 Å². The normalized spacial score (nSPS) is 25.3. The number of thioether (sulfide) groups is 1. The van der Waals surface area contributed by atoms with Crippen LogP contribution in [0.4, 0.5) is 5.69 Å². The van der Waals surface area contributed by atoms with Crippen molar-refractivity contribution in [3.63, 3.8) is 0 Å². The van der Waals surface area contributed by atoms with E-state index in [2.05, 4.69) is 0 Å². The van der Waals surface area contributed by atoms with E-state index in [1.54, 1.807) is 11.8 Å². The van der Waals surface area contributed by atoms with Crippen molar-refractivity contribution in [2.24, 2.45) is 0 Å². The number of benzene rings is 1. The van der Waals surface area contributed by atoms with Crippen LogP contribution in [-0.4, -0.2) is 17.3 Å². The van der Waals surface area contributed by atoms with Gasteiger partial charge >= 0.3 is 5.97 Å². The first kappa shape index (κ1) is 10.4. The van der Waals surface area contributed by atoms with Crippen molar-refractivity contribution in [1.29, 1.82) is 0 Å². The Balaban J connectivity index is 2.09. The molecule has 1 aliphatic rings. The maximum Gasteiger partial charge on any atom is 0.307 e. The quantitative estimate of drug-likeness (QED) is 0.616. The lowest BCUT2D eigenvalue weighted by molar-refractivity contribution is -0.140. The molecule has 1 aliphatic heterocycles. The first-order valence-corrected chi connectivity index (χ1v) is 5.75. The van der Waals surface area contributed by atoms with E-state index >= 15 is 0 Å². The van der Waals surface area contributed by atoms with E-state index in [4.69, 9.17) is 10.5 Å². The molecule has 2 atom stereocenters. The van der Waals surface area contributed by atoms with Crippen LogP contribution in [0.25, 0.3) is 0 Å². The van der Waals surface area contributed by atoms with E-state index in [1.165, 1.54) is 0 Å². The van der Waals surface area contributed by atoms with Crippen molar-refractivity contribution in [3.05, 3.63) is 24.3 Å². The Bertz CT molecular complexity index is 381. The fourth-order valence-corrected chi connectivity index (χ4v) is 2.70. The van der Waals surface area contributed by atoms with Gasteiger partial charge in [-0.25, -0.2) is 0 Å². The number of nitrogens with two attached hydrogens (primary N) is 1. The van der Waals surface area contributed by atoms with Crippen LogP contribution < -0.4 is 5.73 Å². The third kappa shape index (κ3) is 2.26. The summed E-state index contributed by atoms with van der Waals surface area (Å²) in [5, 5.41) is 0.183. The fraction of sp³-hybridized carbons (Fsp3) is 0.364. The molecule has 0 saturated carbocycles. The summed E-state index contributed by atoms with van der Waals surface area (Å²) in [5.74, 6) is -0.116. The second-order valence-corrected chi connectivity index (χ2v) is 4.87. The van der Waals surface area contributed by atoms with Gasteiger partial charge in [0.25, 0.3) is 0 Å². The molecule has 0 amide bonds. The van der Waals surface area contributed by atoms with E-state index in [9.17, 15) is 4.79 Å². The standard InChI is InChI=1S/C11H13NO2S/c1-7-10(6-11(13)14-7)15-9-5-3-2-4-8(9)12/h2-5,7,10H,6,12H2,1H3. The number of rotatable bonds is 2. The third-order valence-electron chi connectivity index (χ3n) is 2.41. The first-order chi connectivity index (χ1) is 7.16. The monoisotopic (exact) mass is 223 g/mol. The van der Waals surface area contributed by atoms with Crippen molar-refractivity contribution in [1.82, 2.24) is 0 Å². The molecule has 2 N–H and O–H groups in total. The first-order valence-electron chi connectivity index (χ1n) is 4.87. The highest BCUT2D eigenvalue weighted by Gasteiger charge is 2.32. The highest BCUT2D eigenvalue weighted by atomic mass is 32.2. The Morgan fingerprint density at radius 1 is 1.47 bits per heavy atom. The zero-order valence-electron chi connectivity index (χ0n) is 8.47. The highest BCUT2D eigenvalue weighted by molar-refractivity contribution is 8.00. The number of hydrogen-bond acceptors (Lipinski definition) is 4. The average molecular weight is 223 g/mol. The molecule has 0 aromatic heterocycles. The van der Waals surface area contributed by atoms with Crippen LogP contribution in [0.5, 0.6) is 0 Å². The van der Waals surface area contributed by atoms with Gasteiger partial charge in [0, 0.05) is 10.6 Å². The Morgan fingerprint density at radius 2 is 2.20 bits per heavy atom. The van der Waals surface area contributed by atoms with Crippen LogP contribution in [-0.2, 0) is 9.53 Å². The summed E-state index contributed by atoms with van der Waals surface area (Å²) in [5.41, 5.74) is 6.59. The van der Waals surface area contributed by atoms with E-state index in [1.807, 2.05) is 31.2 Å². The number of nitrogen functional groups attached to an aromatic ring is 1. The lowest BCUT2D eigenvalue weighted by Crippen LogP contribution is -2.13. The van der Waals surface area contributed by atoms with Crippen molar-refractivity contribution in [3.8, 4) is 0 Å². The summed E-state index contributed by atoms with van der Waals surface area (Å²) in [6, 6.07) is 7.68. The smallest absolute Gasteiger partial charge is 0.307 e. The van der Waals surface area contributed by atoms with Gasteiger partial charge in [0.05, 0.1) is 11.7 Å². The lowest BCUT2D eigenvalue weighted by Gasteiger charge is -2.13. The largest absolute Gasteiger partial charge is 0.461 e. The van der Waals surface area contributed by atoms with Crippen LogP contribution in [0, 0.1) is 0 Å². The number of anilines is 1. The molecule has 1 heterocycles.